The summed E-state index contributed by atoms with van der Waals surface area (Å²) < 4.78 is 10.6. The molecular weight excluding hydrogens is 238 g/mol. The van der Waals surface area contributed by atoms with E-state index in [1.54, 1.807) is 0 Å². The average molecular weight is 255 g/mol. The lowest BCUT2D eigenvalue weighted by molar-refractivity contribution is -0.166. The number of aliphatic hydroxyl groups is 1. The van der Waals surface area contributed by atoms with Crippen molar-refractivity contribution in [2.75, 3.05) is 13.2 Å². The molecule has 0 saturated carbocycles. The fourth-order valence-electron chi connectivity index (χ4n) is 2.74. The van der Waals surface area contributed by atoms with Crippen LogP contribution in [0.2, 0.25) is 0 Å². The minimum Gasteiger partial charge on any atom is -0.374 e. The number of Topliss-reactive ketones (excluding diaryl/α,β-unsaturated/α-hetero) is 1. The Balaban J connectivity index is 1.71. The molecule has 0 spiro atoms. The second-order valence-electron chi connectivity index (χ2n) is 5.07. The largest absolute Gasteiger partial charge is 0.374 e. The number of carbonyl (C=O) groups excluding carboxylic acids is 2. The van der Waals surface area contributed by atoms with E-state index >= 15 is 0 Å². The maximum Gasteiger partial charge on any atom is 0.297 e. The Hall–Kier alpha value is -0.980. The molecule has 100 valence electrons. The zero-order chi connectivity index (χ0) is 12.8. The van der Waals surface area contributed by atoms with Gasteiger partial charge < -0.3 is 19.5 Å². The van der Waals surface area contributed by atoms with Crippen molar-refractivity contribution in [2.45, 2.75) is 50.2 Å². The number of rotatable bonds is 2. The molecule has 2 unspecified atom stereocenters. The van der Waals surface area contributed by atoms with Gasteiger partial charge in [-0.05, 0) is 32.1 Å². The summed E-state index contributed by atoms with van der Waals surface area (Å²) >= 11 is 0. The Morgan fingerprint density at radius 2 is 2.06 bits per heavy atom. The molecular formula is C12H17NO5. The molecule has 1 N–H and O–H groups in total. The van der Waals surface area contributed by atoms with Crippen LogP contribution in [0.3, 0.4) is 0 Å². The molecule has 0 aromatic carbocycles. The van der Waals surface area contributed by atoms with E-state index in [4.69, 9.17) is 9.47 Å². The SMILES string of the molecule is O=C(C(=O)C12OCCCC1O2)N1CCCC[C@H]1O. The first-order valence-electron chi connectivity index (χ1n) is 6.50. The first-order chi connectivity index (χ1) is 8.65. The van der Waals surface area contributed by atoms with Gasteiger partial charge in [-0.25, -0.2) is 0 Å². The predicted octanol–water partition coefficient (Wildman–Crippen LogP) is -0.208. The highest BCUT2D eigenvalue weighted by Crippen LogP contribution is 2.45. The zero-order valence-corrected chi connectivity index (χ0v) is 10.1. The first-order valence-corrected chi connectivity index (χ1v) is 6.50. The fourth-order valence-corrected chi connectivity index (χ4v) is 2.74. The molecule has 0 radical (unpaired) electrons. The van der Waals surface area contributed by atoms with Gasteiger partial charge in [0.25, 0.3) is 17.5 Å². The number of carbonyl (C=O) groups is 2. The van der Waals surface area contributed by atoms with Crippen LogP contribution in [0.4, 0.5) is 0 Å². The van der Waals surface area contributed by atoms with Crippen molar-refractivity contribution in [3.05, 3.63) is 0 Å². The highest BCUT2D eigenvalue weighted by atomic mass is 16.8. The lowest BCUT2D eigenvalue weighted by Crippen LogP contribution is -2.51. The number of fused-ring (bicyclic) bond motifs is 1. The monoisotopic (exact) mass is 255 g/mol. The van der Waals surface area contributed by atoms with E-state index in [1.165, 1.54) is 4.90 Å². The highest BCUT2D eigenvalue weighted by molar-refractivity contribution is 6.39. The molecule has 3 heterocycles. The van der Waals surface area contributed by atoms with E-state index in [2.05, 4.69) is 0 Å². The predicted molar refractivity (Wildman–Crippen MR) is 59.4 cm³/mol. The quantitative estimate of drug-likeness (QED) is 0.545. The second kappa shape index (κ2) is 4.29. The normalized spacial score (nSPS) is 39.1. The molecule has 3 aliphatic heterocycles. The lowest BCUT2D eigenvalue weighted by atomic mass is 10.0. The molecule has 0 aromatic rings. The molecule has 0 aromatic heterocycles. The number of nitrogens with zero attached hydrogens (tertiary/aromatic N) is 1. The van der Waals surface area contributed by atoms with Crippen LogP contribution in [-0.4, -0.2) is 53.0 Å². The van der Waals surface area contributed by atoms with Gasteiger partial charge in [0.2, 0.25) is 0 Å². The number of likely N-dealkylation sites (tertiary alicyclic amines) is 1. The number of ketones is 1. The zero-order valence-electron chi connectivity index (χ0n) is 10.1. The summed E-state index contributed by atoms with van der Waals surface area (Å²) in [4.78, 5) is 25.5. The summed E-state index contributed by atoms with van der Waals surface area (Å²) in [6.07, 6.45) is 2.68. The van der Waals surface area contributed by atoms with E-state index in [0.717, 1.165) is 25.7 Å². The van der Waals surface area contributed by atoms with E-state index in [9.17, 15) is 14.7 Å². The number of ether oxygens (including phenoxy) is 2. The third kappa shape index (κ3) is 1.75. The molecule has 3 atom stereocenters. The Bertz CT molecular complexity index is 385. The van der Waals surface area contributed by atoms with Crippen LogP contribution in [0.5, 0.6) is 0 Å². The van der Waals surface area contributed by atoms with Crippen molar-refractivity contribution in [3.63, 3.8) is 0 Å². The standard InChI is InChI=1S/C12H17NO5/c14-9-5-1-2-6-13(9)11(16)10(15)12-8(18-12)4-3-7-17-12/h8-9,14H,1-7H2/t8?,9-,12?/m1/s1. The maximum atomic E-state index is 12.2. The Morgan fingerprint density at radius 3 is 2.78 bits per heavy atom. The average Bonchev–Trinajstić information content (AvgIpc) is 3.13. The van der Waals surface area contributed by atoms with E-state index < -0.39 is 23.7 Å². The molecule has 3 aliphatic rings. The Morgan fingerprint density at radius 1 is 1.22 bits per heavy atom. The van der Waals surface area contributed by atoms with Gasteiger partial charge in [-0.1, -0.05) is 0 Å². The van der Waals surface area contributed by atoms with Gasteiger partial charge in [0, 0.05) is 6.54 Å². The molecule has 3 fully saturated rings. The molecule has 0 bridgehead atoms. The summed E-state index contributed by atoms with van der Waals surface area (Å²) in [5.41, 5.74) is 0. The number of aliphatic hydroxyl groups excluding tert-OH is 1. The Labute approximate surface area is 105 Å². The minimum atomic E-state index is -1.33. The van der Waals surface area contributed by atoms with Crippen molar-refractivity contribution in [1.82, 2.24) is 4.90 Å². The number of piperidine rings is 1. The number of hydrogen-bond donors (Lipinski definition) is 1. The van der Waals surface area contributed by atoms with Gasteiger partial charge in [-0.2, -0.15) is 0 Å². The molecule has 0 aliphatic carbocycles. The Kier molecular flexibility index (Phi) is 2.88. The first kappa shape index (κ1) is 12.1. The highest BCUT2D eigenvalue weighted by Gasteiger charge is 2.67. The second-order valence-corrected chi connectivity index (χ2v) is 5.07. The van der Waals surface area contributed by atoms with Crippen LogP contribution in [0.25, 0.3) is 0 Å². The number of amides is 1. The lowest BCUT2D eigenvalue weighted by Gasteiger charge is -2.32. The van der Waals surface area contributed by atoms with Crippen molar-refractivity contribution < 1.29 is 24.2 Å². The smallest absolute Gasteiger partial charge is 0.297 e. The van der Waals surface area contributed by atoms with Gasteiger partial charge in [-0.3, -0.25) is 9.59 Å². The van der Waals surface area contributed by atoms with E-state index in [-0.39, 0.29) is 6.10 Å². The molecule has 3 rings (SSSR count). The van der Waals surface area contributed by atoms with Crippen molar-refractivity contribution >= 4 is 11.7 Å². The van der Waals surface area contributed by atoms with Crippen molar-refractivity contribution in [2.24, 2.45) is 0 Å². The summed E-state index contributed by atoms with van der Waals surface area (Å²) in [7, 11) is 0. The molecule has 18 heavy (non-hydrogen) atoms. The number of hydrogen-bond acceptors (Lipinski definition) is 5. The summed E-state index contributed by atoms with van der Waals surface area (Å²) in [5.74, 6) is -2.66. The van der Waals surface area contributed by atoms with E-state index in [1.807, 2.05) is 0 Å². The van der Waals surface area contributed by atoms with Crippen LogP contribution < -0.4 is 0 Å². The van der Waals surface area contributed by atoms with Crippen LogP contribution in [0.1, 0.15) is 32.1 Å². The van der Waals surface area contributed by atoms with Gasteiger partial charge >= 0.3 is 0 Å². The maximum absolute atomic E-state index is 12.2. The van der Waals surface area contributed by atoms with Gasteiger partial charge in [-0.15, -0.1) is 0 Å². The molecule has 1 amide bonds. The van der Waals surface area contributed by atoms with Crippen molar-refractivity contribution in [1.29, 1.82) is 0 Å². The molecule has 6 heteroatoms. The van der Waals surface area contributed by atoms with Gasteiger partial charge in [0.05, 0.1) is 6.61 Å². The van der Waals surface area contributed by atoms with Crippen LogP contribution in [0, 0.1) is 0 Å². The fraction of sp³-hybridized carbons (Fsp3) is 0.833. The summed E-state index contributed by atoms with van der Waals surface area (Å²) in [5, 5.41) is 9.76. The number of epoxide rings is 1. The topological polar surface area (TPSA) is 79.4 Å². The molecule has 3 saturated heterocycles. The minimum absolute atomic E-state index is 0.273. The van der Waals surface area contributed by atoms with Gasteiger partial charge in [0.15, 0.2) is 0 Å². The van der Waals surface area contributed by atoms with E-state index in [0.29, 0.717) is 19.6 Å². The van der Waals surface area contributed by atoms with Crippen LogP contribution in [0.15, 0.2) is 0 Å². The van der Waals surface area contributed by atoms with Crippen molar-refractivity contribution in [3.8, 4) is 0 Å². The van der Waals surface area contributed by atoms with Crippen LogP contribution >= 0.6 is 0 Å². The van der Waals surface area contributed by atoms with Gasteiger partial charge in [0.1, 0.15) is 12.3 Å². The third-order valence-corrected chi connectivity index (χ3v) is 3.85. The third-order valence-electron chi connectivity index (χ3n) is 3.85. The van der Waals surface area contributed by atoms with Crippen LogP contribution in [-0.2, 0) is 19.1 Å². The molecule has 6 nitrogen and oxygen atoms in total. The summed E-state index contributed by atoms with van der Waals surface area (Å²) in [6.45, 7) is 0.866. The summed E-state index contributed by atoms with van der Waals surface area (Å²) in [6, 6.07) is 0.